The van der Waals surface area contributed by atoms with Crippen LogP contribution < -0.4 is 10.2 Å². The molecule has 0 saturated heterocycles. The number of amides is 2. The molecule has 0 aliphatic rings. The summed E-state index contributed by atoms with van der Waals surface area (Å²) in [5, 5.41) is 2.36. The van der Waals surface area contributed by atoms with Gasteiger partial charge in [-0.15, -0.1) is 0 Å². The number of hydrogen-bond donors (Lipinski definition) is 1. The number of methoxy groups -OCH3 is 2. The van der Waals surface area contributed by atoms with Gasteiger partial charge in [0.1, 0.15) is 0 Å². The third-order valence-corrected chi connectivity index (χ3v) is 3.74. The summed E-state index contributed by atoms with van der Waals surface area (Å²) in [7, 11) is 3.83. The Morgan fingerprint density at radius 3 is 2.11 bits per heavy atom. The summed E-state index contributed by atoms with van der Waals surface area (Å²) in [5.74, 6) is -3.21. The van der Waals surface area contributed by atoms with E-state index < -0.39 is 23.8 Å². The molecule has 0 aromatic heterocycles. The van der Waals surface area contributed by atoms with E-state index in [-0.39, 0.29) is 16.8 Å². The van der Waals surface area contributed by atoms with Crippen molar-refractivity contribution < 1.29 is 28.7 Å². The van der Waals surface area contributed by atoms with E-state index >= 15 is 0 Å². The minimum Gasteiger partial charge on any atom is -0.465 e. The first-order chi connectivity index (χ1) is 12.9. The smallest absolute Gasteiger partial charge is 0.339 e. The maximum absolute atomic E-state index is 12.4. The number of carbonyl (C=O) groups excluding carboxylic acids is 4. The predicted octanol–water partition coefficient (Wildman–Crippen LogP) is 1.86. The van der Waals surface area contributed by atoms with Gasteiger partial charge < -0.3 is 19.7 Å². The zero-order valence-corrected chi connectivity index (χ0v) is 15.0. The molecule has 0 aliphatic carbocycles. The second kappa shape index (κ2) is 8.61. The van der Waals surface area contributed by atoms with Gasteiger partial charge in [0.2, 0.25) is 0 Å². The lowest BCUT2D eigenvalue weighted by molar-refractivity contribution is -0.134. The van der Waals surface area contributed by atoms with Crippen LogP contribution in [0.2, 0.25) is 0 Å². The van der Waals surface area contributed by atoms with Gasteiger partial charge in [0.05, 0.1) is 31.0 Å². The van der Waals surface area contributed by atoms with Crippen molar-refractivity contribution in [2.24, 2.45) is 0 Å². The number of hydrogen-bond acceptors (Lipinski definition) is 6. The quantitative estimate of drug-likeness (QED) is 0.651. The molecule has 8 nitrogen and oxygen atoms in total. The largest absolute Gasteiger partial charge is 0.465 e. The lowest BCUT2D eigenvalue weighted by atomic mass is 10.1. The second-order valence-electron chi connectivity index (χ2n) is 5.40. The van der Waals surface area contributed by atoms with Gasteiger partial charge >= 0.3 is 23.8 Å². The monoisotopic (exact) mass is 370 g/mol. The number of likely N-dealkylation sites (N-methyl/N-ethyl adjacent to an activating group) is 1. The van der Waals surface area contributed by atoms with Gasteiger partial charge in [-0.25, -0.2) is 9.59 Å². The molecule has 0 spiro atoms. The zero-order valence-electron chi connectivity index (χ0n) is 15.0. The molecule has 0 fully saturated rings. The van der Waals surface area contributed by atoms with Crippen LogP contribution in [0.5, 0.6) is 0 Å². The van der Waals surface area contributed by atoms with Gasteiger partial charge in [-0.3, -0.25) is 9.59 Å². The Balaban J connectivity index is 2.30. The molecule has 1 N–H and O–H groups in total. The molecule has 140 valence electrons. The molecule has 0 atom stereocenters. The van der Waals surface area contributed by atoms with E-state index in [2.05, 4.69) is 14.8 Å². The van der Waals surface area contributed by atoms with Gasteiger partial charge in [0.25, 0.3) is 0 Å². The van der Waals surface area contributed by atoms with E-state index in [4.69, 9.17) is 0 Å². The number of para-hydroxylation sites is 1. The summed E-state index contributed by atoms with van der Waals surface area (Å²) in [4.78, 5) is 49.5. The number of nitrogens with one attached hydrogen (secondary N) is 1. The summed E-state index contributed by atoms with van der Waals surface area (Å²) < 4.78 is 9.28. The van der Waals surface area contributed by atoms with Crippen LogP contribution in [0, 0.1) is 0 Å². The SMILES string of the molecule is COC(=O)c1ccc(C(=O)OC)c(NC(=O)C(=O)N(C)c2ccccc2)c1. The van der Waals surface area contributed by atoms with Crippen molar-refractivity contribution in [3.8, 4) is 0 Å². The molecule has 0 unspecified atom stereocenters. The van der Waals surface area contributed by atoms with Crippen molar-refractivity contribution >= 4 is 35.1 Å². The van der Waals surface area contributed by atoms with E-state index in [0.29, 0.717) is 5.69 Å². The van der Waals surface area contributed by atoms with Crippen LogP contribution in [0.15, 0.2) is 48.5 Å². The Bertz CT molecular complexity index is 879. The summed E-state index contributed by atoms with van der Waals surface area (Å²) in [5.41, 5.74) is 0.580. The molecule has 2 aromatic carbocycles. The third kappa shape index (κ3) is 4.49. The van der Waals surface area contributed by atoms with Gasteiger partial charge in [0, 0.05) is 12.7 Å². The number of benzene rings is 2. The highest BCUT2D eigenvalue weighted by Crippen LogP contribution is 2.20. The van der Waals surface area contributed by atoms with Crippen molar-refractivity contribution in [1.29, 1.82) is 0 Å². The van der Waals surface area contributed by atoms with Crippen LogP contribution in [-0.4, -0.2) is 45.0 Å². The minimum absolute atomic E-state index is 0.00586. The highest BCUT2D eigenvalue weighted by atomic mass is 16.5. The number of esters is 2. The number of nitrogens with zero attached hydrogens (tertiary/aromatic N) is 1. The van der Waals surface area contributed by atoms with Crippen LogP contribution >= 0.6 is 0 Å². The van der Waals surface area contributed by atoms with Crippen molar-refractivity contribution in [1.82, 2.24) is 0 Å². The fourth-order valence-corrected chi connectivity index (χ4v) is 2.28. The molecule has 0 aliphatic heterocycles. The normalized spacial score (nSPS) is 9.89. The van der Waals surface area contributed by atoms with Crippen molar-refractivity contribution in [3.63, 3.8) is 0 Å². The number of ether oxygens (including phenoxy) is 2. The van der Waals surface area contributed by atoms with Crippen LogP contribution in [0.3, 0.4) is 0 Å². The number of anilines is 2. The van der Waals surface area contributed by atoms with Crippen LogP contribution in [0.4, 0.5) is 11.4 Å². The van der Waals surface area contributed by atoms with Gasteiger partial charge in [-0.2, -0.15) is 0 Å². The molecule has 27 heavy (non-hydrogen) atoms. The van der Waals surface area contributed by atoms with Gasteiger partial charge in [0.15, 0.2) is 0 Å². The van der Waals surface area contributed by atoms with Crippen LogP contribution in [0.1, 0.15) is 20.7 Å². The zero-order chi connectivity index (χ0) is 20.0. The molecule has 2 amide bonds. The van der Waals surface area contributed by atoms with Crippen molar-refractivity contribution in [2.45, 2.75) is 0 Å². The number of carbonyl (C=O) groups is 4. The van der Waals surface area contributed by atoms with Gasteiger partial charge in [-0.05, 0) is 30.3 Å². The van der Waals surface area contributed by atoms with Crippen molar-refractivity contribution in [3.05, 3.63) is 59.7 Å². The first kappa shape index (κ1) is 19.6. The minimum atomic E-state index is -0.978. The molecule has 0 radical (unpaired) electrons. The Morgan fingerprint density at radius 1 is 0.889 bits per heavy atom. The average Bonchev–Trinajstić information content (AvgIpc) is 2.71. The Kier molecular flexibility index (Phi) is 6.27. The topological polar surface area (TPSA) is 102 Å². The Morgan fingerprint density at radius 2 is 1.52 bits per heavy atom. The summed E-state index contributed by atoms with van der Waals surface area (Å²) >= 11 is 0. The summed E-state index contributed by atoms with van der Waals surface area (Å²) in [6.45, 7) is 0. The van der Waals surface area contributed by atoms with E-state index in [0.717, 1.165) is 4.90 Å². The summed E-state index contributed by atoms with van der Waals surface area (Å²) in [6, 6.07) is 12.5. The van der Waals surface area contributed by atoms with Crippen LogP contribution in [-0.2, 0) is 19.1 Å². The highest BCUT2D eigenvalue weighted by Gasteiger charge is 2.23. The second-order valence-corrected chi connectivity index (χ2v) is 5.40. The summed E-state index contributed by atoms with van der Waals surface area (Å²) in [6.07, 6.45) is 0. The standard InChI is InChI=1S/C19H18N2O6/c1-21(13-7-5-4-6-8-13)17(23)16(22)20-15-11-12(18(24)26-2)9-10-14(15)19(25)27-3/h4-11H,1-3H3,(H,20,22). The predicted molar refractivity (Wildman–Crippen MR) is 97.6 cm³/mol. The molecular weight excluding hydrogens is 352 g/mol. The lowest BCUT2D eigenvalue weighted by Crippen LogP contribution is -2.37. The molecule has 0 saturated carbocycles. The molecule has 8 heteroatoms. The maximum atomic E-state index is 12.4. The molecule has 2 aromatic rings. The highest BCUT2D eigenvalue weighted by molar-refractivity contribution is 6.44. The lowest BCUT2D eigenvalue weighted by Gasteiger charge is -2.17. The fraction of sp³-hybridized carbons (Fsp3) is 0.158. The van der Waals surface area contributed by atoms with E-state index in [1.54, 1.807) is 30.3 Å². The van der Waals surface area contributed by atoms with E-state index in [1.165, 1.54) is 39.5 Å². The first-order valence-corrected chi connectivity index (χ1v) is 7.83. The first-order valence-electron chi connectivity index (χ1n) is 7.83. The van der Waals surface area contributed by atoms with E-state index in [1.807, 2.05) is 0 Å². The van der Waals surface area contributed by atoms with Crippen molar-refractivity contribution in [2.75, 3.05) is 31.5 Å². The average molecular weight is 370 g/mol. The number of rotatable bonds is 4. The third-order valence-electron chi connectivity index (χ3n) is 3.74. The fourth-order valence-electron chi connectivity index (χ4n) is 2.28. The van der Waals surface area contributed by atoms with Gasteiger partial charge in [-0.1, -0.05) is 18.2 Å². The molecule has 0 bridgehead atoms. The van der Waals surface area contributed by atoms with E-state index in [9.17, 15) is 19.2 Å². The van der Waals surface area contributed by atoms with Crippen LogP contribution in [0.25, 0.3) is 0 Å². The molecular formula is C19H18N2O6. The molecule has 2 rings (SSSR count). The Labute approximate surface area is 155 Å². The maximum Gasteiger partial charge on any atom is 0.339 e. The molecule has 0 heterocycles. The Hall–Kier alpha value is -3.68.